The summed E-state index contributed by atoms with van der Waals surface area (Å²) in [6.07, 6.45) is 2.44. The van der Waals surface area contributed by atoms with Gasteiger partial charge in [0.2, 0.25) is 5.91 Å². The van der Waals surface area contributed by atoms with Crippen LogP contribution in [0.15, 0.2) is 24.3 Å². The maximum atomic E-state index is 12.3. The number of carbonyl (C=O) groups is 1. The van der Waals surface area contributed by atoms with Gasteiger partial charge in [0.05, 0.1) is 19.8 Å². The number of amides is 1. The molecule has 5 heteroatoms. The average Bonchev–Trinajstić information content (AvgIpc) is 3.00. The second-order valence-corrected chi connectivity index (χ2v) is 6.31. The Morgan fingerprint density at radius 1 is 1.35 bits per heavy atom. The fourth-order valence-corrected chi connectivity index (χ4v) is 3.85. The molecule has 0 unspecified atom stereocenters. The first-order valence-electron chi connectivity index (χ1n) is 8.26. The smallest absolute Gasteiger partial charge is 0.220 e. The first-order chi connectivity index (χ1) is 11.2. The number of rotatable bonds is 7. The van der Waals surface area contributed by atoms with Crippen molar-refractivity contribution in [1.29, 1.82) is 0 Å². The summed E-state index contributed by atoms with van der Waals surface area (Å²) in [7, 11) is 3.35. The Morgan fingerprint density at radius 2 is 2.17 bits per heavy atom. The molecule has 23 heavy (non-hydrogen) atoms. The quantitative estimate of drug-likeness (QED) is 0.832. The third-order valence-corrected chi connectivity index (χ3v) is 5.03. The lowest BCUT2D eigenvalue weighted by molar-refractivity contribution is -0.129. The first-order valence-corrected chi connectivity index (χ1v) is 8.26. The van der Waals surface area contributed by atoms with Crippen LogP contribution >= 0.6 is 0 Å². The van der Waals surface area contributed by atoms with Crippen LogP contribution in [0.5, 0.6) is 5.75 Å². The van der Waals surface area contributed by atoms with Gasteiger partial charge in [-0.15, -0.1) is 0 Å². The maximum absolute atomic E-state index is 12.3. The summed E-state index contributed by atoms with van der Waals surface area (Å²) >= 11 is 0. The lowest BCUT2D eigenvalue weighted by Gasteiger charge is -2.47. The fourth-order valence-electron chi connectivity index (χ4n) is 3.85. The van der Waals surface area contributed by atoms with Gasteiger partial charge in [-0.25, -0.2) is 0 Å². The number of hydrogen-bond donors (Lipinski definition) is 1. The number of ether oxygens (including phenoxy) is 3. The van der Waals surface area contributed by atoms with Crippen LogP contribution in [0.4, 0.5) is 0 Å². The number of nitrogens with one attached hydrogen (secondary N) is 1. The van der Waals surface area contributed by atoms with E-state index in [4.69, 9.17) is 14.2 Å². The Kier molecular flexibility index (Phi) is 5.18. The molecule has 1 aromatic rings. The van der Waals surface area contributed by atoms with Crippen molar-refractivity contribution in [3.63, 3.8) is 0 Å². The molecule has 1 saturated heterocycles. The van der Waals surface area contributed by atoms with Gasteiger partial charge in [0.25, 0.3) is 0 Å². The molecule has 0 bridgehead atoms. The normalized spacial score (nSPS) is 28.8. The number of hydrogen-bond acceptors (Lipinski definition) is 4. The molecule has 3 rings (SSSR count). The molecule has 4 atom stereocenters. The summed E-state index contributed by atoms with van der Waals surface area (Å²) in [5.41, 5.74) is 1.06. The molecule has 1 amide bonds. The van der Waals surface area contributed by atoms with E-state index in [1.807, 2.05) is 24.3 Å². The molecule has 0 radical (unpaired) electrons. The van der Waals surface area contributed by atoms with Crippen LogP contribution in [0.2, 0.25) is 0 Å². The van der Waals surface area contributed by atoms with Crippen LogP contribution in [0.25, 0.3) is 0 Å². The van der Waals surface area contributed by atoms with E-state index >= 15 is 0 Å². The summed E-state index contributed by atoms with van der Waals surface area (Å²) < 4.78 is 16.4. The zero-order valence-electron chi connectivity index (χ0n) is 13.8. The molecule has 2 aliphatic rings. The average molecular weight is 319 g/mol. The third kappa shape index (κ3) is 3.35. The maximum Gasteiger partial charge on any atom is 0.220 e. The van der Waals surface area contributed by atoms with E-state index in [0.717, 1.165) is 24.3 Å². The summed E-state index contributed by atoms with van der Waals surface area (Å²) in [4.78, 5) is 12.3. The molecule has 1 aromatic carbocycles. The highest BCUT2D eigenvalue weighted by atomic mass is 16.5. The Hall–Kier alpha value is -1.59. The number of methoxy groups -OCH3 is 2. The minimum Gasteiger partial charge on any atom is -0.496 e. The van der Waals surface area contributed by atoms with Gasteiger partial charge in [-0.1, -0.05) is 18.2 Å². The largest absolute Gasteiger partial charge is 0.496 e. The number of fused-ring (bicyclic) bond motifs is 1. The number of benzene rings is 1. The van der Waals surface area contributed by atoms with Gasteiger partial charge >= 0.3 is 0 Å². The molecule has 0 aromatic heterocycles. The fraction of sp³-hybridized carbons (Fsp3) is 0.611. The Labute approximate surface area is 137 Å². The van der Waals surface area contributed by atoms with E-state index in [0.29, 0.717) is 25.4 Å². The molecule has 2 fully saturated rings. The molecule has 1 heterocycles. The predicted molar refractivity (Wildman–Crippen MR) is 86.5 cm³/mol. The van der Waals surface area contributed by atoms with E-state index in [1.54, 1.807) is 14.2 Å². The zero-order chi connectivity index (χ0) is 16.2. The lowest BCUT2D eigenvalue weighted by Crippen LogP contribution is -2.62. The number of aryl methyl sites for hydroxylation is 1. The van der Waals surface area contributed by atoms with Gasteiger partial charge < -0.3 is 19.5 Å². The number of para-hydroxylation sites is 1. The Bertz CT molecular complexity index is 548. The van der Waals surface area contributed by atoms with Crippen molar-refractivity contribution in [2.45, 2.75) is 31.4 Å². The molecule has 1 N–H and O–H groups in total. The second-order valence-electron chi connectivity index (χ2n) is 6.31. The van der Waals surface area contributed by atoms with E-state index in [9.17, 15) is 4.79 Å². The van der Waals surface area contributed by atoms with E-state index in [2.05, 4.69) is 5.32 Å². The highest BCUT2D eigenvalue weighted by molar-refractivity contribution is 5.77. The first kappa shape index (κ1) is 16.3. The molecule has 126 valence electrons. The van der Waals surface area contributed by atoms with Crippen LogP contribution in [0.1, 0.15) is 18.4 Å². The van der Waals surface area contributed by atoms with Crippen molar-refractivity contribution in [3.8, 4) is 5.75 Å². The van der Waals surface area contributed by atoms with E-state index < -0.39 is 0 Å². The summed E-state index contributed by atoms with van der Waals surface area (Å²) in [5.74, 6) is 1.66. The van der Waals surface area contributed by atoms with Crippen molar-refractivity contribution in [2.75, 3.05) is 27.4 Å². The van der Waals surface area contributed by atoms with Crippen molar-refractivity contribution in [2.24, 2.45) is 11.8 Å². The van der Waals surface area contributed by atoms with E-state index in [-0.39, 0.29) is 24.0 Å². The highest BCUT2D eigenvalue weighted by Gasteiger charge is 2.54. The van der Waals surface area contributed by atoms with Crippen LogP contribution in [-0.2, 0) is 20.7 Å². The standard InChI is InChI=1S/C18H25NO4/c1-21-11-14-17(13-9-10-23-18(13)14)19-16(20)8-7-12-5-3-4-6-15(12)22-2/h3-6,13-14,17-18H,7-11H2,1-2H3,(H,19,20)/t13-,14+,17+,18-/m0/s1. The monoisotopic (exact) mass is 319 g/mol. The third-order valence-electron chi connectivity index (χ3n) is 5.03. The van der Waals surface area contributed by atoms with Crippen LogP contribution in [-0.4, -0.2) is 45.5 Å². The SMILES string of the molecule is COC[C@@H]1[C@H](NC(=O)CCc2ccccc2OC)[C@@H]2CCO[C@H]12. The number of carbonyl (C=O) groups excluding carboxylic acids is 1. The van der Waals surface area contributed by atoms with Crippen LogP contribution in [0, 0.1) is 11.8 Å². The Morgan fingerprint density at radius 3 is 2.96 bits per heavy atom. The molecule has 1 saturated carbocycles. The molecule has 0 spiro atoms. The van der Waals surface area contributed by atoms with Gasteiger partial charge in [0.1, 0.15) is 5.75 Å². The topological polar surface area (TPSA) is 56.8 Å². The molecule has 1 aliphatic carbocycles. The summed E-state index contributed by atoms with van der Waals surface area (Å²) in [5, 5.41) is 3.19. The van der Waals surface area contributed by atoms with E-state index in [1.165, 1.54) is 0 Å². The van der Waals surface area contributed by atoms with Gasteiger partial charge in [-0.05, 0) is 24.5 Å². The second kappa shape index (κ2) is 7.32. The van der Waals surface area contributed by atoms with Gasteiger partial charge in [0, 0.05) is 38.0 Å². The van der Waals surface area contributed by atoms with Gasteiger partial charge in [-0.2, -0.15) is 0 Å². The summed E-state index contributed by atoms with van der Waals surface area (Å²) in [6, 6.07) is 8.02. The zero-order valence-corrected chi connectivity index (χ0v) is 13.8. The van der Waals surface area contributed by atoms with Crippen molar-refractivity contribution >= 4 is 5.91 Å². The van der Waals surface area contributed by atoms with Crippen LogP contribution < -0.4 is 10.1 Å². The molecular formula is C18H25NO4. The molecule has 5 nitrogen and oxygen atoms in total. The highest BCUT2D eigenvalue weighted by Crippen LogP contribution is 2.43. The predicted octanol–water partition coefficient (Wildman–Crippen LogP) is 1.79. The Balaban J connectivity index is 1.53. The summed E-state index contributed by atoms with van der Waals surface area (Å²) in [6.45, 7) is 1.43. The van der Waals surface area contributed by atoms with Crippen molar-refractivity contribution < 1.29 is 19.0 Å². The molecule has 1 aliphatic heterocycles. The minimum atomic E-state index is 0.0901. The lowest BCUT2D eigenvalue weighted by atomic mass is 9.67. The van der Waals surface area contributed by atoms with Crippen molar-refractivity contribution in [3.05, 3.63) is 29.8 Å². The van der Waals surface area contributed by atoms with Crippen molar-refractivity contribution in [1.82, 2.24) is 5.32 Å². The minimum absolute atomic E-state index is 0.0901. The van der Waals surface area contributed by atoms with Gasteiger partial charge in [0.15, 0.2) is 0 Å². The van der Waals surface area contributed by atoms with Gasteiger partial charge in [-0.3, -0.25) is 4.79 Å². The molecular weight excluding hydrogens is 294 g/mol. The van der Waals surface area contributed by atoms with Crippen LogP contribution in [0.3, 0.4) is 0 Å².